The summed E-state index contributed by atoms with van der Waals surface area (Å²) in [5.41, 5.74) is 5.76. The third-order valence-corrected chi connectivity index (χ3v) is 10.4. The first-order valence-electron chi connectivity index (χ1n) is 15.9. The Balaban J connectivity index is 1.02. The third-order valence-electron chi connectivity index (χ3n) is 10.4. The SMILES string of the molecule is O=C1c2cc(NC3CCN(C(=O)C4CC4)CC3)ccc2C2(CCCC2)CN1C[C@H](O)CN1CCc2ccccc2C1. The lowest BCUT2D eigenvalue weighted by atomic mass is 9.73. The Morgan fingerprint density at radius 3 is 2.49 bits per heavy atom. The molecule has 7 heteroatoms. The van der Waals surface area contributed by atoms with Gasteiger partial charge >= 0.3 is 0 Å². The third kappa shape index (κ3) is 5.51. The van der Waals surface area contributed by atoms with Crippen LogP contribution in [0, 0.1) is 5.92 Å². The fourth-order valence-corrected chi connectivity index (χ4v) is 7.98. The van der Waals surface area contributed by atoms with E-state index in [4.69, 9.17) is 0 Å². The summed E-state index contributed by atoms with van der Waals surface area (Å²) in [4.78, 5) is 32.7. The molecule has 7 nitrogen and oxygen atoms in total. The lowest BCUT2D eigenvalue weighted by molar-refractivity contribution is -0.133. The van der Waals surface area contributed by atoms with Crippen LogP contribution in [-0.4, -0.2) is 83.0 Å². The fraction of sp³-hybridized carbons (Fsp3) is 0.588. The molecule has 5 aliphatic rings. The fourth-order valence-electron chi connectivity index (χ4n) is 7.98. The van der Waals surface area contributed by atoms with Gasteiger partial charge in [0.25, 0.3) is 5.91 Å². The maximum absolute atomic E-state index is 13.9. The summed E-state index contributed by atoms with van der Waals surface area (Å²) < 4.78 is 0. The first kappa shape index (κ1) is 27.0. The Morgan fingerprint density at radius 1 is 0.976 bits per heavy atom. The van der Waals surface area contributed by atoms with Crippen LogP contribution in [0.15, 0.2) is 42.5 Å². The molecule has 0 aromatic heterocycles. The van der Waals surface area contributed by atoms with Crippen molar-refractivity contribution in [1.82, 2.24) is 14.7 Å². The second-order valence-corrected chi connectivity index (χ2v) is 13.4. The Bertz CT molecular complexity index is 1290. The molecule has 1 saturated heterocycles. The van der Waals surface area contributed by atoms with E-state index in [1.807, 2.05) is 9.80 Å². The van der Waals surface area contributed by atoms with Gasteiger partial charge in [0.05, 0.1) is 6.10 Å². The van der Waals surface area contributed by atoms with Crippen molar-refractivity contribution in [1.29, 1.82) is 0 Å². The molecule has 0 radical (unpaired) electrons. The topological polar surface area (TPSA) is 76.1 Å². The van der Waals surface area contributed by atoms with Gasteiger partial charge in [-0.15, -0.1) is 0 Å². The minimum Gasteiger partial charge on any atom is -0.390 e. The van der Waals surface area contributed by atoms with E-state index in [2.05, 4.69) is 52.7 Å². The number of carbonyl (C=O) groups is 2. The van der Waals surface area contributed by atoms with Gasteiger partial charge in [0.1, 0.15) is 0 Å². The zero-order valence-electron chi connectivity index (χ0n) is 24.2. The molecular weight excluding hydrogens is 512 g/mol. The largest absolute Gasteiger partial charge is 0.390 e. The summed E-state index contributed by atoms with van der Waals surface area (Å²) in [6, 6.07) is 15.3. The van der Waals surface area contributed by atoms with E-state index < -0.39 is 6.10 Å². The first-order chi connectivity index (χ1) is 20.0. The van der Waals surface area contributed by atoms with Crippen LogP contribution in [0.25, 0.3) is 0 Å². The summed E-state index contributed by atoms with van der Waals surface area (Å²) >= 11 is 0. The normalized spacial score (nSPS) is 23.4. The van der Waals surface area contributed by atoms with Gasteiger partial charge in [0, 0.05) is 74.4 Å². The molecule has 2 aromatic carbocycles. The second kappa shape index (κ2) is 11.1. The van der Waals surface area contributed by atoms with Crippen LogP contribution in [0.1, 0.15) is 78.4 Å². The van der Waals surface area contributed by atoms with E-state index >= 15 is 0 Å². The average molecular weight is 557 g/mol. The number of piperidine rings is 1. The van der Waals surface area contributed by atoms with Crippen molar-refractivity contribution >= 4 is 17.5 Å². The van der Waals surface area contributed by atoms with Crippen molar-refractivity contribution in [2.24, 2.45) is 5.92 Å². The Morgan fingerprint density at radius 2 is 1.73 bits per heavy atom. The molecule has 0 unspecified atom stereocenters. The lowest BCUT2D eigenvalue weighted by Crippen LogP contribution is -2.52. The molecule has 2 aromatic rings. The number of hydrogen-bond donors (Lipinski definition) is 2. The van der Waals surface area contributed by atoms with Crippen molar-refractivity contribution in [3.8, 4) is 0 Å². The Labute approximate surface area is 243 Å². The molecule has 2 saturated carbocycles. The Hall–Kier alpha value is -2.90. The molecule has 2 amide bonds. The number of aliphatic hydroxyl groups excluding tert-OH is 1. The number of hydrogen-bond acceptors (Lipinski definition) is 5. The lowest BCUT2D eigenvalue weighted by Gasteiger charge is -2.43. The van der Waals surface area contributed by atoms with E-state index in [1.54, 1.807) is 0 Å². The van der Waals surface area contributed by atoms with Crippen LogP contribution >= 0.6 is 0 Å². The molecule has 3 fully saturated rings. The number of nitrogens with one attached hydrogen (secondary N) is 1. The van der Waals surface area contributed by atoms with Gasteiger partial charge in [0.15, 0.2) is 0 Å². The summed E-state index contributed by atoms with van der Waals surface area (Å²) in [5.74, 6) is 0.679. The highest BCUT2D eigenvalue weighted by molar-refractivity contribution is 5.98. The van der Waals surface area contributed by atoms with E-state index in [1.165, 1.54) is 29.5 Å². The van der Waals surface area contributed by atoms with Crippen LogP contribution in [0.2, 0.25) is 0 Å². The van der Waals surface area contributed by atoms with Crippen molar-refractivity contribution in [2.75, 3.05) is 44.6 Å². The van der Waals surface area contributed by atoms with Gasteiger partial charge in [-0.2, -0.15) is 0 Å². The number of fused-ring (bicyclic) bond motifs is 3. The number of amides is 2. The molecular formula is C34H44N4O3. The molecule has 3 heterocycles. The summed E-state index contributed by atoms with van der Waals surface area (Å²) in [6.45, 7) is 5.10. The van der Waals surface area contributed by atoms with E-state index in [0.717, 1.165) is 82.4 Å². The van der Waals surface area contributed by atoms with Crippen LogP contribution in [0.5, 0.6) is 0 Å². The molecule has 3 aliphatic heterocycles. The molecule has 0 bridgehead atoms. The van der Waals surface area contributed by atoms with Crippen molar-refractivity contribution in [3.63, 3.8) is 0 Å². The van der Waals surface area contributed by atoms with Crippen molar-refractivity contribution in [3.05, 3.63) is 64.7 Å². The highest BCUT2D eigenvalue weighted by atomic mass is 16.3. The molecule has 218 valence electrons. The van der Waals surface area contributed by atoms with Gasteiger partial charge in [0.2, 0.25) is 5.91 Å². The minimum absolute atomic E-state index is 0.0000689. The summed E-state index contributed by atoms with van der Waals surface area (Å²) in [7, 11) is 0. The molecule has 2 N–H and O–H groups in total. The monoisotopic (exact) mass is 556 g/mol. The van der Waals surface area contributed by atoms with Crippen LogP contribution in [0.3, 0.4) is 0 Å². The first-order valence-corrected chi connectivity index (χ1v) is 15.9. The number of aliphatic hydroxyl groups is 1. The number of β-amino-alcohol motifs (C(OH)–C–C–N with tert-alkyl or cyclic N) is 1. The minimum atomic E-state index is -0.575. The summed E-state index contributed by atoms with van der Waals surface area (Å²) in [5, 5.41) is 14.9. The molecule has 1 atom stereocenters. The second-order valence-electron chi connectivity index (χ2n) is 13.4. The number of nitrogens with zero attached hydrogens (tertiary/aromatic N) is 3. The van der Waals surface area contributed by atoms with Gasteiger partial charge in [-0.05, 0) is 73.8 Å². The zero-order valence-corrected chi connectivity index (χ0v) is 24.2. The predicted molar refractivity (Wildman–Crippen MR) is 160 cm³/mol. The highest BCUT2D eigenvalue weighted by Crippen LogP contribution is 2.46. The highest BCUT2D eigenvalue weighted by Gasteiger charge is 2.45. The van der Waals surface area contributed by atoms with Crippen LogP contribution in [0.4, 0.5) is 5.69 Å². The van der Waals surface area contributed by atoms with Gasteiger partial charge in [-0.3, -0.25) is 14.5 Å². The van der Waals surface area contributed by atoms with Crippen LogP contribution in [-0.2, 0) is 23.2 Å². The quantitative estimate of drug-likeness (QED) is 0.535. The van der Waals surface area contributed by atoms with Crippen molar-refractivity contribution in [2.45, 2.75) is 81.9 Å². The van der Waals surface area contributed by atoms with Gasteiger partial charge in [-0.1, -0.05) is 43.2 Å². The standard InChI is InChI=1S/C34H44N4O3/c39-29(21-36-16-11-24-5-1-2-6-26(24)20-36)22-38-23-34(14-3-4-15-34)31-10-9-28(19-30(31)33(38)41)35-27-12-17-37(18-13-27)32(40)25-7-8-25/h1-2,5-6,9-10,19,25,27,29,35,39H,3-4,7-8,11-18,20-23H2/t29-/m1/s1. The van der Waals surface area contributed by atoms with E-state index in [9.17, 15) is 14.7 Å². The van der Waals surface area contributed by atoms with E-state index in [-0.39, 0.29) is 17.2 Å². The van der Waals surface area contributed by atoms with Crippen molar-refractivity contribution < 1.29 is 14.7 Å². The van der Waals surface area contributed by atoms with Gasteiger partial charge < -0.3 is 20.2 Å². The number of carbonyl (C=O) groups excluding carboxylic acids is 2. The Kier molecular flexibility index (Phi) is 7.28. The van der Waals surface area contributed by atoms with Crippen LogP contribution < -0.4 is 5.32 Å². The number of rotatable bonds is 7. The number of benzene rings is 2. The summed E-state index contributed by atoms with van der Waals surface area (Å²) in [6.07, 6.45) is 9.00. The maximum Gasteiger partial charge on any atom is 0.254 e. The number of likely N-dealkylation sites (tertiary alicyclic amines) is 1. The molecule has 7 rings (SSSR count). The molecule has 2 aliphatic carbocycles. The smallest absolute Gasteiger partial charge is 0.254 e. The average Bonchev–Trinajstić information content (AvgIpc) is 3.74. The maximum atomic E-state index is 13.9. The molecule has 41 heavy (non-hydrogen) atoms. The number of anilines is 1. The van der Waals surface area contributed by atoms with Gasteiger partial charge in [-0.25, -0.2) is 0 Å². The van der Waals surface area contributed by atoms with E-state index in [0.29, 0.717) is 31.6 Å². The molecule has 1 spiro atoms. The predicted octanol–water partition coefficient (Wildman–Crippen LogP) is 4.19. The zero-order chi connectivity index (χ0) is 28.0.